The molecule has 1 fully saturated rings. The van der Waals surface area contributed by atoms with Crippen LogP contribution in [0.5, 0.6) is 0 Å². The van der Waals surface area contributed by atoms with E-state index in [1.807, 2.05) is 60.0 Å². The minimum absolute atomic E-state index is 0.0454. The quantitative estimate of drug-likeness (QED) is 0.545. The monoisotopic (exact) mass is 450 g/mol. The third kappa shape index (κ3) is 4.67. The molecule has 3 aromatic rings. The Bertz CT molecular complexity index is 1150. The van der Waals surface area contributed by atoms with Gasteiger partial charge in [-0.25, -0.2) is 4.98 Å². The van der Waals surface area contributed by atoms with Gasteiger partial charge in [0.25, 0.3) is 11.5 Å². The Labute approximate surface area is 193 Å². The Kier molecular flexibility index (Phi) is 7.15. The molecule has 0 bridgehead atoms. The van der Waals surface area contributed by atoms with Crippen molar-refractivity contribution in [2.24, 2.45) is 5.92 Å². The van der Waals surface area contributed by atoms with E-state index in [1.165, 1.54) is 11.9 Å². The third-order valence-corrected chi connectivity index (χ3v) is 6.73. The van der Waals surface area contributed by atoms with Gasteiger partial charge in [-0.15, -0.1) is 0 Å². The number of carbonyl (C=O) groups excluding carboxylic acids is 1. The first-order chi connectivity index (χ1) is 15.6. The zero-order valence-electron chi connectivity index (χ0n) is 18.7. The highest BCUT2D eigenvalue weighted by atomic mass is 32.2. The van der Waals surface area contributed by atoms with Crippen molar-refractivity contribution in [3.8, 4) is 0 Å². The smallest absolute Gasteiger partial charge is 0.263 e. The summed E-state index contributed by atoms with van der Waals surface area (Å²) in [5, 5.41) is 0.687. The first-order valence-electron chi connectivity index (χ1n) is 11.4. The van der Waals surface area contributed by atoms with E-state index in [4.69, 9.17) is 4.98 Å². The lowest BCUT2D eigenvalue weighted by molar-refractivity contribution is 0.0985. The van der Waals surface area contributed by atoms with Crippen LogP contribution in [0.15, 0.2) is 53.3 Å². The summed E-state index contributed by atoms with van der Waals surface area (Å²) in [7, 11) is 0. The predicted molar refractivity (Wildman–Crippen MR) is 132 cm³/mol. The van der Waals surface area contributed by atoms with Crippen LogP contribution in [0.2, 0.25) is 0 Å². The van der Waals surface area contributed by atoms with Crippen molar-refractivity contribution < 1.29 is 4.79 Å². The third-order valence-electron chi connectivity index (χ3n) is 6.11. The Morgan fingerprint density at radius 1 is 1.09 bits per heavy atom. The fourth-order valence-corrected chi connectivity index (χ4v) is 4.81. The van der Waals surface area contributed by atoms with Crippen molar-refractivity contribution in [1.82, 2.24) is 14.3 Å². The minimum Gasteiger partial charge on any atom is -0.371 e. The summed E-state index contributed by atoms with van der Waals surface area (Å²) in [4.78, 5) is 32.8. The molecule has 0 saturated carbocycles. The van der Waals surface area contributed by atoms with Gasteiger partial charge in [0.2, 0.25) is 0 Å². The Morgan fingerprint density at radius 2 is 1.81 bits per heavy atom. The standard InChI is InChI=1S/C25H30N4O2S/c1-3-23-26-21-11-7-5-9-19(21)25(31)29(23)17-18-13-15-28(16-14-18)22-12-8-6-10-20(22)24(30)27-32-4-2/h5-12,18H,3-4,13-17H2,1-2H3,(H,27,30). The molecule has 168 valence electrons. The number of hydrogen-bond donors (Lipinski definition) is 1. The zero-order chi connectivity index (χ0) is 22.5. The summed E-state index contributed by atoms with van der Waals surface area (Å²) in [5.74, 6) is 2.05. The summed E-state index contributed by atoms with van der Waals surface area (Å²) in [6.45, 7) is 6.50. The number of aryl methyl sites for hydroxylation is 1. The maximum absolute atomic E-state index is 13.1. The second-order valence-corrected chi connectivity index (χ2v) is 9.20. The molecule has 1 amide bonds. The molecule has 0 atom stereocenters. The van der Waals surface area contributed by atoms with Gasteiger partial charge in [-0.05, 0) is 43.0 Å². The topological polar surface area (TPSA) is 67.2 Å². The van der Waals surface area contributed by atoms with Crippen LogP contribution in [-0.2, 0) is 13.0 Å². The van der Waals surface area contributed by atoms with Crippen LogP contribution in [0.4, 0.5) is 5.69 Å². The number of amides is 1. The molecular weight excluding hydrogens is 420 g/mol. The highest BCUT2D eigenvalue weighted by Crippen LogP contribution is 2.27. The number of nitrogens with one attached hydrogen (secondary N) is 1. The van der Waals surface area contributed by atoms with Gasteiger partial charge in [0.05, 0.1) is 16.5 Å². The van der Waals surface area contributed by atoms with Gasteiger partial charge in [-0.3, -0.25) is 18.9 Å². The van der Waals surface area contributed by atoms with E-state index in [2.05, 4.69) is 16.5 Å². The molecule has 2 heterocycles. The molecule has 0 spiro atoms. The molecule has 1 aliphatic rings. The van der Waals surface area contributed by atoms with E-state index in [-0.39, 0.29) is 11.5 Å². The number of aromatic nitrogens is 2. The first kappa shape index (κ1) is 22.4. The zero-order valence-corrected chi connectivity index (χ0v) is 19.5. The fourth-order valence-electron chi connectivity index (χ4n) is 4.42. The number of nitrogens with zero attached hydrogens (tertiary/aromatic N) is 3. The molecular formula is C25H30N4O2S. The van der Waals surface area contributed by atoms with E-state index in [1.54, 1.807) is 0 Å². The summed E-state index contributed by atoms with van der Waals surface area (Å²) in [5.41, 5.74) is 2.54. The van der Waals surface area contributed by atoms with Crippen molar-refractivity contribution in [2.75, 3.05) is 23.7 Å². The lowest BCUT2D eigenvalue weighted by Gasteiger charge is -2.35. The summed E-state index contributed by atoms with van der Waals surface area (Å²) < 4.78 is 4.79. The minimum atomic E-state index is -0.0454. The SMILES string of the molecule is CCSNC(=O)c1ccccc1N1CCC(Cn2c(CC)nc3ccccc3c2=O)CC1. The van der Waals surface area contributed by atoms with Gasteiger partial charge in [0.15, 0.2) is 0 Å². The Balaban J connectivity index is 1.48. The molecule has 1 aliphatic heterocycles. The van der Waals surface area contributed by atoms with Crippen LogP contribution in [0.3, 0.4) is 0 Å². The van der Waals surface area contributed by atoms with Crippen molar-refractivity contribution in [3.63, 3.8) is 0 Å². The molecule has 2 aromatic carbocycles. The van der Waals surface area contributed by atoms with E-state index in [0.717, 1.165) is 60.7 Å². The summed E-state index contributed by atoms with van der Waals surface area (Å²) >= 11 is 1.42. The molecule has 0 aliphatic carbocycles. The van der Waals surface area contributed by atoms with Gasteiger partial charge >= 0.3 is 0 Å². The second kappa shape index (κ2) is 10.2. The van der Waals surface area contributed by atoms with Crippen LogP contribution in [0, 0.1) is 5.92 Å². The van der Waals surface area contributed by atoms with Crippen LogP contribution >= 0.6 is 11.9 Å². The van der Waals surface area contributed by atoms with Gasteiger partial charge in [-0.2, -0.15) is 0 Å². The molecule has 0 unspecified atom stereocenters. The fraction of sp³-hybridized carbons (Fsp3) is 0.400. The molecule has 7 heteroatoms. The number of carbonyl (C=O) groups is 1. The molecule has 6 nitrogen and oxygen atoms in total. The van der Waals surface area contributed by atoms with Gasteiger partial charge in [0.1, 0.15) is 5.82 Å². The average molecular weight is 451 g/mol. The van der Waals surface area contributed by atoms with Gasteiger partial charge in [-0.1, -0.05) is 50.1 Å². The molecule has 4 rings (SSSR count). The predicted octanol–water partition coefficient (Wildman–Crippen LogP) is 4.27. The van der Waals surface area contributed by atoms with E-state index in [0.29, 0.717) is 17.8 Å². The summed E-state index contributed by atoms with van der Waals surface area (Å²) in [6, 6.07) is 15.4. The second-order valence-electron chi connectivity index (χ2n) is 8.13. The van der Waals surface area contributed by atoms with Crippen LogP contribution in [-0.4, -0.2) is 34.3 Å². The van der Waals surface area contributed by atoms with Crippen LogP contribution in [0.25, 0.3) is 10.9 Å². The Hall–Kier alpha value is -2.80. The van der Waals surface area contributed by atoms with E-state index >= 15 is 0 Å². The first-order valence-corrected chi connectivity index (χ1v) is 12.4. The number of para-hydroxylation sites is 2. The number of piperidine rings is 1. The van der Waals surface area contributed by atoms with Crippen molar-refractivity contribution in [2.45, 2.75) is 39.7 Å². The van der Waals surface area contributed by atoms with Crippen molar-refractivity contribution in [3.05, 3.63) is 70.3 Å². The van der Waals surface area contributed by atoms with Gasteiger partial charge in [0, 0.05) is 37.5 Å². The molecule has 1 N–H and O–H groups in total. The largest absolute Gasteiger partial charge is 0.371 e. The highest BCUT2D eigenvalue weighted by molar-refractivity contribution is 7.97. The number of hydrogen-bond acceptors (Lipinski definition) is 5. The lowest BCUT2D eigenvalue weighted by Crippen LogP contribution is -2.38. The lowest BCUT2D eigenvalue weighted by atomic mass is 9.95. The van der Waals surface area contributed by atoms with Crippen LogP contribution < -0.4 is 15.2 Å². The average Bonchev–Trinajstić information content (AvgIpc) is 2.84. The molecule has 0 radical (unpaired) electrons. The number of rotatable bonds is 7. The van der Waals surface area contributed by atoms with E-state index in [9.17, 15) is 9.59 Å². The van der Waals surface area contributed by atoms with E-state index < -0.39 is 0 Å². The van der Waals surface area contributed by atoms with Gasteiger partial charge < -0.3 is 4.90 Å². The maximum atomic E-state index is 13.1. The highest BCUT2D eigenvalue weighted by Gasteiger charge is 2.24. The van der Waals surface area contributed by atoms with Crippen molar-refractivity contribution in [1.29, 1.82) is 0 Å². The molecule has 1 saturated heterocycles. The molecule has 1 aromatic heterocycles. The normalized spacial score (nSPS) is 14.6. The number of anilines is 1. The number of benzene rings is 2. The molecule has 32 heavy (non-hydrogen) atoms. The van der Waals surface area contributed by atoms with Crippen LogP contribution in [0.1, 0.15) is 42.9 Å². The maximum Gasteiger partial charge on any atom is 0.263 e. The van der Waals surface area contributed by atoms with Crippen molar-refractivity contribution >= 4 is 34.4 Å². The summed E-state index contributed by atoms with van der Waals surface area (Å²) in [6.07, 6.45) is 2.68. The number of fused-ring (bicyclic) bond motifs is 1. The Morgan fingerprint density at radius 3 is 2.56 bits per heavy atom.